The first-order valence-corrected chi connectivity index (χ1v) is 12.7. The van der Waals surface area contributed by atoms with Crippen molar-refractivity contribution < 1.29 is 44.8 Å². The number of pyridine rings is 4. The van der Waals surface area contributed by atoms with Crippen LogP contribution in [0, 0.1) is 0 Å². The topological polar surface area (TPSA) is 172 Å². The first kappa shape index (κ1) is 31.6. The molecule has 0 aliphatic heterocycles. The average molecular weight is 596 g/mol. The Hall–Kier alpha value is -3.61. The van der Waals surface area contributed by atoms with E-state index >= 15 is 0 Å². The van der Waals surface area contributed by atoms with Gasteiger partial charge in [0.15, 0.2) is 0 Å². The number of benzene rings is 2. The number of hydrogen-bond donors (Lipinski definition) is 2. The standard InChI is InChI=1S/2C12H8N2.C3H8O2.Cu.H2O4S/c2*1-3-9-5-6-10-4-2-8-14-12(10)11(9)13-7-1;4-2-1-3-5;;1-5(2,3)4/h2*1-8H;4-5H,1-3H2;;(H2,1,2,3,4)/q;;;+2;/p-2. The second kappa shape index (κ2) is 15.7. The van der Waals surface area contributed by atoms with Crippen molar-refractivity contribution in [3.05, 3.63) is 97.6 Å². The minimum absolute atomic E-state index is 0. The molecule has 2 aromatic carbocycles. The van der Waals surface area contributed by atoms with Crippen LogP contribution in [0.3, 0.4) is 0 Å². The van der Waals surface area contributed by atoms with E-state index in [4.69, 9.17) is 27.7 Å². The van der Waals surface area contributed by atoms with Crippen molar-refractivity contribution in [1.82, 2.24) is 19.9 Å². The number of aliphatic hydroxyl groups excluding tert-OH is 2. The smallest absolute Gasteiger partial charge is 0.759 e. The zero-order chi connectivity index (χ0) is 27.4. The van der Waals surface area contributed by atoms with Crippen molar-refractivity contribution in [3.63, 3.8) is 0 Å². The van der Waals surface area contributed by atoms with Crippen LogP contribution < -0.4 is 0 Å². The van der Waals surface area contributed by atoms with Gasteiger partial charge in [0.25, 0.3) is 0 Å². The molecular formula is C27H24CuN4O6S. The molecule has 0 amide bonds. The fourth-order valence-corrected chi connectivity index (χ4v) is 3.43. The second-order valence-electron chi connectivity index (χ2n) is 7.64. The van der Waals surface area contributed by atoms with Crippen LogP contribution in [0.2, 0.25) is 0 Å². The van der Waals surface area contributed by atoms with Crippen LogP contribution in [0.5, 0.6) is 0 Å². The molecule has 0 bridgehead atoms. The molecule has 4 heterocycles. The van der Waals surface area contributed by atoms with Gasteiger partial charge in [-0.2, -0.15) is 0 Å². The van der Waals surface area contributed by atoms with Gasteiger partial charge in [-0.05, 0) is 30.7 Å². The largest absolute Gasteiger partial charge is 2.00 e. The van der Waals surface area contributed by atoms with E-state index in [0.717, 1.165) is 43.6 Å². The van der Waals surface area contributed by atoms with Gasteiger partial charge in [0.1, 0.15) is 0 Å². The molecule has 2 N–H and O–H groups in total. The fraction of sp³-hybridized carbons (Fsp3) is 0.111. The predicted molar refractivity (Wildman–Crippen MR) is 143 cm³/mol. The Morgan fingerprint density at radius 2 is 0.769 bits per heavy atom. The minimum atomic E-state index is -5.17. The number of fused-ring (bicyclic) bond motifs is 6. The molecule has 0 atom stereocenters. The molecule has 0 unspecified atom stereocenters. The van der Waals surface area contributed by atoms with Gasteiger partial charge in [0.05, 0.1) is 22.1 Å². The molecule has 0 saturated heterocycles. The maximum absolute atomic E-state index is 8.52. The SMILES string of the molecule is O=S(=O)([O-])[O-].OCCCO.[Cu+2].c1cnc2c(c1)ccc1cccnc12.c1cnc2c(c1)ccc1cccnc12. The molecule has 6 rings (SSSR count). The molecule has 10 nitrogen and oxygen atoms in total. The Kier molecular flexibility index (Phi) is 12.7. The quantitative estimate of drug-likeness (QED) is 0.130. The molecular weight excluding hydrogens is 572 g/mol. The van der Waals surface area contributed by atoms with Crippen LogP contribution in [0.15, 0.2) is 97.6 Å². The number of aromatic nitrogens is 4. The average Bonchev–Trinajstić information content (AvgIpc) is 2.93. The molecule has 1 radical (unpaired) electrons. The van der Waals surface area contributed by atoms with Gasteiger partial charge < -0.3 is 19.3 Å². The number of rotatable bonds is 2. The summed E-state index contributed by atoms with van der Waals surface area (Å²) >= 11 is 0. The van der Waals surface area contributed by atoms with Crippen LogP contribution in [0.4, 0.5) is 0 Å². The van der Waals surface area contributed by atoms with E-state index in [1.165, 1.54) is 0 Å². The van der Waals surface area contributed by atoms with Gasteiger partial charge in [0.2, 0.25) is 0 Å². The Balaban J connectivity index is 0.000000202. The van der Waals surface area contributed by atoms with E-state index in [1.807, 2.05) is 24.3 Å². The summed E-state index contributed by atoms with van der Waals surface area (Å²) in [6, 6.07) is 24.3. The molecule has 0 aliphatic rings. The Morgan fingerprint density at radius 3 is 0.949 bits per heavy atom. The van der Waals surface area contributed by atoms with Crippen molar-refractivity contribution >= 4 is 54.0 Å². The first-order chi connectivity index (χ1) is 18.3. The van der Waals surface area contributed by atoms with Crippen molar-refractivity contribution in [2.24, 2.45) is 0 Å². The van der Waals surface area contributed by atoms with Crippen molar-refractivity contribution in [1.29, 1.82) is 0 Å². The van der Waals surface area contributed by atoms with Crippen molar-refractivity contribution in [2.75, 3.05) is 13.2 Å². The van der Waals surface area contributed by atoms with Crippen LogP contribution in [0.25, 0.3) is 43.6 Å². The van der Waals surface area contributed by atoms with E-state index in [2.05, 4.69) is 68.5 Å². The van der Waals surface area contributed by atoms with E-state index < -0.39 is 10.4 Å². The molecule has 4 aromatic heterocycles. The van der Waals surface area contributed by atoms with E-state index in [-0.39, 0.29) is 30.3 Å². The Bertz CT molecular complexity index is 1510. The molecule has 0 spiro atoms. The van der Waals surface area contributed by atoms with Gasteiger partial charge >= 0.3 is 17.1 Å². The third-order valence-corrected chi connectivity index (χ3v) is 5.01. The monoisotopic (exact) mass is 595 g/mol. The molecule has 39 heavy (non-hydrogen) atoms. The maximum Gasteiger partial charge on any atom is 2.00 e. The van der Waals surface area contributed by atoms with Crippen LogP contribution in [-0.4, -0.2) is 60.9 Å². The Morgan fingerprint density at radius 1 is 0.538 bits per heavy atom. The van der Waals surface area contributed by atoms with E-state index in [9.17, 15) is 0 Å². The molecule has 0 aliphatic carbocycles. The third-order valence-electron chi connectivity index (χ3n) is 5.01. The maximum atomic E-state index is 8.52. The summed E-state index contributed by atoms with van der Waals surface area (Å²) in [4.78, 5) is 17.4. The van der Waals surface area contributed by atoms with Gasteiger partial charge in [-0.15, -0.1) is 0 Å². The van der Waals surface area contributed by atoms with Crippen molar-refractivity contribution in [3.8, 4) is 0 Å². The van der Waals surface area contributed by atoms with E-state index in [1.54, 1.807) is 24.8 Å². The Labute approximate surface area is 235 Å². The summed E-state index contributed by atoms with van der Waals surface area (Å²) in [6.07, 6.45) is 7.71. The fourth-order valence-electron chi connectivity index (χ4n) is 3.43. The van der Waals surface area contributed by atoms with E-state index in [0.29, 0.717) is 6.42 Å². The van der Waals surface area contributed by atoms with Gasteiger partial charge in [-0.1, -0.05) is 48.5 Å². The normalized spacial score (nSPS) is 10.4. The van der Waals surface area contributed by atoms with Crippen LogP contribution in [0.1, 0.15) is 6.42 Å². The summed E-state index contributed by atoms with van der Waals surface area (Å²) in [6.45, 7) is 0.188. The molecule has 205 valence electrons. The zero-order valence-corrected chi connectivity index (χ0v) is 22.1. The summed E-state index contributed by atoms with van der Waals surface area (Å²) < 4.78 is 34.1. The number of nitrogens with zero attached hydrogens (tertiary/aromatic N) is 4. The molecule has 12 heteroatoms. The minimum Gasteiger partial charge on any atom is -0.759 e. The molecule has 6 aromatic rings. The van der Waals surface area contributed by atoms with Crippen molar-refractivity contribution in [2.45, 2.75) is 6.42 Å². The zero-order valence-electron chi connectivity index (χ0n) is 20.4. The second-order valence-corrected chi connectivity index (χ2v) is 8.46. The predicted octanol–water partition coefficient (Wildman–Crippen LogP) is 3.59. The molecule has 0 saturated carbocycles. The van der Waals surface area contributed by atoms with Gasteiger partial charge in [-0.3, -0.25) is 28.4 Å². The summed E-state index contributed by atoms with van der Waals surface area (Å²) in [7, 11) is -5.17. The molecule has 0 fully saturated rings. The first-order valence-electron chi connectivity index (χ1n) is 11.4. The summed E-state index contributed by atoms with van der Waals surface area (Å²) in [5, 5.41) is 20.4. The van der Waals surface area contributed by atoms with Gasteiger partial charge in [0, 0.05) is 69.9 Å². The number of aliphatic hydroxyl groups is 2. The van der Waals surface area contributed by atoms with Gasteiger partial charge in [-0.25, -0.2) is 0 Å². The van der Waals surface area contributed by atoms with Crippen LogP contribution >= 0.6 is 0 Å². The summed E-state index contributed by atoms with van der Waals surface area (Å²) in [5.41, 5.74) is 3.91. The van der Waals surface area contributed by atoms with Crippen LogP contribution in [-0.2, 0) is 27.5 Å². The third kappa shape index (κ3) is 9.89. The number of hydrogen-bond acceptors (Lipinski definition) is 10. The summed E-state index contributed by atoms with van der Waals surface area (Å²) in [5.74, 6) is 0.